The second-order valence-corrected chi connectivity index (χ2v) is 4.62. The Hall–Kier alpha value is -3.15. The maximum atomic E-state index is 5.95. The summed E-state index contributed by atoms with van der Waals surface area (Å²) in [5.74, 6) is 0. The van der Waals surface area contributed by atoms with Crippen molar-refractivity contribution in [1.29, 1.82) is 0 Å². The predicted molar refractivity (Wildman–Crippen MR) is 83.9 cm³/mol. The Morgan fingerprint density at radius 1 is 0.571 bits per heavy atom. The molecule has 3 rings (SSSR count). The first kappa shape index (κ1) is 12.9. The van der Waals surface area contributed by atoms with Crippen molar-refractivity contribution in [3.05, 3.63) is 48.8 Å². The first-order valence-corrected chi connectivity index (χ1v) is 6.33. The van der Waals surface area contributed by atoms with E-state index in [1.54, 1.807) is 48.8 Å². The molecule has 3 aromatic heterocycles. The molecule has 0 saturated heterocycles. The standard InChI is InChI=1S/C15H14N6/c16-9-1-3-19-12(5-9)14-7-11(18)8-15(21-14)13-6-10(17)2-4-20-13/h1-8H,(H2,16,19)(H2,17,20)(H2,18,21). The van der Waals surface area contributed by atoms with Gasteiger partial charge in [0.25, 0.3) is 0 Å². The fraction of sp³-hybridized carbons (Fsp3) is 0. The topological polar surface area (TPSA) is 117 Å². The molecule has 0 radical (unpaired) electrons. The van der Waals surface area contributed by atoms with E-state index >= 15 is 0 Å². The molecule has 104 valence electrons. The quantitative estimate of drug-likeness (QED) is 0.659. The third-order valence-electron chi connectivity index (χ3n) is 2.94. The third kappa shape index (κ3) is 2.74. The van der Waals surface area contributed by atoms with Crippen molar-refractivity contribution < 1.29 is 0 Å². The molecular formula is C15H14N6. The molecule has 3 heterocycles. The summed E-state index contributed by atoms with van der Waals surface area (Å²) < 4.78 is 0. The van der Waals surface area contributed by atoms with Gasteiger partial charge in [-0.25, -0.2) is 4.98 Å². The van der Waals surface area contributed by atoms with E-state index in [0.717, 1.165) is 0 Å². The fourth-order valence-corrected chi connectivity index (χ4v) is 1.99. The van der Waals surface area contributed by atoms with Gasteiger partial charge in [0, 0.05) is 29.5 Å². The number of pyridine rings is 3. The van der Waals surface area contributed by atoms with Crippen molar-refractivity contribution in [1.82, 2.24) is 15.0 Å². The summed E-state index contributed by atoms with van der Waals surface area (Å²) in [6.45, 7) is 0. The average molecular weight is 278 g/mol. The highest BCUT2D eigenvalue weighted by Crippen LogP contribution is 2.25. The molecule has 0 saturated carbocycles. The Balaban J connectivity index is 2.12. The minimum absolute atomic E-state index is 0.573. The zero-order chi connectivity index (χ0) is 14.8. The number of aromatic nitrogens is 3. The largest absolute Gasteiger partial charge is 0.399 e. The molecule has 21 heavy (non-hydrogen) atoms. The van der Waals surface area contributed by atoms with Gasteiger partial charge in [-0.3, -0.25) is 9.97 Å². The van der Waals surface area contributed by atoms with Gasteiger partial charge in [-0.2, -0.15) is 0 Å². The highest BCUT2D eigenvalue weighted by atomic mass is 14.8. The lowest BCUT2D eigenvalue weighted by Gasteiger charge is -2.07. The fourth-order valence-electron chi connectivity index (χ4n) is 1.99. The van der Waals surface area contributed by atoms with Gasteiger partial charge in [-0.05, 0) is 36.4 Å². The summed E-state index contributed by atoms with van der Waals surface area (Å²) >= 11 is 0. The number of anilines is 3. The normalized spacial score (nSPS) is 10.5. The van der Waals surface area contributed by atoms with Crippen LogP contribution in [0.1, 0.15) is 0 Å². The predicted octanol–water partition coefficient (Wildman–Crippen LogP) is 1.95. The van der Waals surface area contributed by atoms with Crippen LogP contribution >= 0.6 is 0 Å². The zero-order valence-corrected chi connectivity index (χ0v) is 11.2. The highest BCUT2D eigenvalue weighted by Gasteiger charge is 2.08. The summed E-state index contributed by atoms with van der Waals surface area (Å²) in [6.07, 6.45) is 3.27. The van der Waals surface area contributed by atoms with Gasteiger partial charge in [0.1, 0.15) is 0 Å². The van der Waals surface area contributed by atoms with Gasteiger partial charge in [0.05, 0.1) is 22.8 Å². The van der Waals surface area contributed by atoms with Gasteiger partial charge in [-0.1, -0.05) is 0 Å². The number of hydrogen-bond donors (Lipinski definition) is 3. The van der Waals surface area contributed by atoms with Crippen LogP contribution in [0.25, 0.3) is 22.8 Å². The maximum absolute atomic E-state index is 5.95. The van der Waals surface area contributed by atoms with Crippen LogP contribution in [0, 0.1) is 0 Å². The molecule has 0 aromatic carbocycles. The molecule has 0 fully saturated rings. The summed E-state index contributed by atoms with van der Waals surface area (Å²) in [4.78, 5) is 13.1. The summed E-state index contributed by atoms with van der Waals surface area (Å²) in [7, 11) is 0. The lowest BCUT2D eigenvalue weighted by molar-refractivity contribution is 1.22. The number of nitrogen functional groups attached to an aromatic ring is 3. The smallest absolute Gasteiger partial charge is 0.0915 e. The second-order valence-electron chi connectivity index (χ2n) is 4.62. The second kappa shape index (κ2) is 5.09. The number of nitrogens with zero attached hydrogens (tertiary/aromatic N) is 3. The molecule has 6 heteroatoms. The monoisotopic (exact) mass is 278 g/mol. The molecule has 0 aliphatic heterocycles. The Morgan fingerprint density at radius 2 is 1.00 bits per heavy atom. The van der Waals surface area contributed by atoms with E-state index in [9.17, 15) is 0 Å². The van der Waals surface area contributed by atoms with Crippen LogP contribution in [0.15, 0.2) is 48.8 Å². The average Bonchev–Trinajstić information content (AvgIpc) is 2.46. The first-order chi connectivity index (χ1) is 10.1. The van der Waals surface area contributed by atoms with E-state index in [4.69, 9.17) is 17.2 Å². The molecule has 0 atom stereocenters. The minimum atomic E-state index is 0.573. The maximum Gasteiger partial charge on any atom is 0.0915 e. The molecule has 0 unspecified atom stereocenters. The number of hydrogen-bond acceptors (Lipinski definition) is 6. The van der Waals surface area contributed by atoms with Crippen LogP contribution in [0.2, 0.25) is 0 Å². The zero-order valence-electron chi connectivity index (χ0n) is 11.2. The number of nitrogens with two attached hydrogens (primary N) is 3. The first-order valence-electron chi connectivity index (χ1n) is 6.33. The van der Waals surface area contributed by atoms with E-state index in [2.05, 4.69) is 15.0 Å². The van der Waals surface area contributed by atoms with Crippen LogP contribution in [-0.2, 0) is 0 Å². The molecule has 0 aliphatic rings. The van der Waals surface area contributed by atoms with Crippen molar-refractivity contribution in [2.24, 2.45) is 0 Å². The minimum Gasteiger partial charge on any atom is -0.399 e. The van der Waals surface area contributed by atoms with E-state index in [1.807, 2.05) is 0 Å². The SMILES string of the molecule is Nc1ccnc(-c2cc(N)cc(-c3cc(N)ccn3)n2)c1. The molecule has 0 bridgehead atoms. The van der Waals surface area contributed by atoms with Crippen LogP contribution in [0.5, 0.6) is 0 Å². The van der Waals surface area contributed by atoms with Gasteiger partial charge in [0.2, 0.25) is 0 Å². The Kier molecular flexibility index (Phi) is 3.12. The lowest BCUT2D eigenvalue weighted by Crippen LogP contribution is -1.97. The molecule has 6 N–H and O–H groups in total. The molecule has 6 nitrogen and oxygen atoms in total. The van der Waals surface area contributed by atoms with Gasteiger partial charge >= 0.3 is 0 Å². The summed E-state index contributed by atoms with van der Waals surface area (Å²) in [5, 5.41) is 0. The Bertz CT molecular complexity index is 736. The van der Waals surface area contributed by atoms with Crippen LogP contribution in [-0.4, -0.2) is 15.0 Å². The van der Waals surface area contributed by atoms with E-state index < -0.39 is 0 Å². The molecule has 0 amide bonds. The van der Waals surface area contributed by atoms with Gasteiger partial charge in [0.15, 0.2) is 0 Å². The molecule has 3 aromatic rings. The van der Waals surface area contributed by atoms with Crippen molar-refractivity contribution in [3.8, 4) is 22.8 Å². The molecular weight excluding hydrogens is 264 g/mol. The molecule has 0 spiro atoms. The van der Waals surface area contributed by atoms with Gasteiger partial charge in [-0.15, -0.1) is 0 Å². The third-order valence-corrected chi connectivity index (χ3v) is 2.94. The van der Waals surface area contributed by atoms with Crippen molar-refractivity contribution >= 4 is 17.1 Å². The summed E-state index contributed by atoms with van der Waals surface area (Å²) in [6, 6.07) is 10.4. The van der Waals surface area contributed by atoms with Gasteiger partial charge < -0.3 is 17.2 Å². The van der Waals surface area contributed by atoms with Crippen LogP contribution in [0.4, 0.5) is 17.1 Å². The lowest BCUT2D eigenvalue weighted by atomic mass is 10.1. The number of rotatable bonds is 2. The van der Waals surface area contributed by atoms with Crippen molar-refractivity contribution in [3.63, 3.8) is 0 Å². The van der Waals surface area contributed by atoms with Crippen molar-refractivity contribution in [2.45, 2.75) is 0 Å². The van der Waals surface area contributed by atoms with Crippen LogP contribution in [0.3, 0.4) is 0 Å². The highest BCUT2D eigenvalue weighted by molar-refractivity contribution is 5.70. The van der Waals surface area contributed by atoms with Crippen molar-refractivity contribution in [2.75, 3.05) is 17.2 Å². The summed E-state index contributed by atoms with van der Waals surface area (Å²) in [5.41, 5.74) is 21.9. The van der Waals surface area contributed by atoms with E-state index in [0.29, 0.717) is 39.8 Å². The van der Waals surface area contributed by atoms with Crippen LogP contribution < -0.4 is 17.2 Å². The van der Waals surface area contributed by atoms with E-state index in [1.165, 1.54) is 0 Å². The Labute approximate surface area is 121 Å². The Morgan fingerprint density at radius 3 is 1.43 bits per heavy atom. The van der Waals surface area contributed by atoms with E-state index in [-0.39, 0.29) is 0 Å². The molecule has 0 aliphatic carbocycles.